The van der Waals surface area contributed by atoms with E-state index < -0.39 is 11.7 Å². The van der Waals surface area contributed by atoms with E-state index in [1.165, 1.54) is 0 Å². The highest BCUT2D eigenvalue weighted by Gasteiger charge is 2.18. The van der Waals surface area contributed by atoms with Crippen molar-refractivity contribution in [1.29, 1.82) is 0 Å². The summed E-state index contributed by atoms with van der Waals surface area (Å²) in [7, 11) is 0. The minimum Gasteiger partial charge on any atom is -0.444 e. The van der Waals surface area contributed by atoms with Gasteiger partial charge in [-0.25, -0.2) is 9.78 Å². The minimum absolute atomic E-state index is 0.0538. The standard InChI is InChI=1S/C15H26N4O3/c1-6-17-13(20)11(2)19-10-16-9-12(19)7-8-18-14(21)22-15(3,4)5/h9-11H,6-8H2,1-5H3,(H,17,20)(H,18,21). The van der Waals surface area contributed by atoms with E-state index in [1.807, 2.05) is 39.2 Å². The Hall–Kier alpha value is -2.05. The third-order valence-electron chi connectivity index (χ3n) is 2.94. The van der Waals surface area contributed by atoms with E-state index in [0.717, 1.165) is 5.69 Å². The lowest BCUT2D eigenvalue weighted by molar-refractivity contribution is -0.123. The van der Waals surface area contributed by atoms with Gasteiger partial charge >= 0.3 is 6.09 Å². The van der Waals surface area contributed by atoms with Crippen molar-refractivity contribution in [2.24, 2.45) is 0 Å². The summed E-state index contributed by atoms with van der Waals surface area (Å²) in [5, 5.41) is 5.48. The number of amides is 2. The molecule has 0 aliphatic rings. The lowest BCUT2D eigenvalue weighted by atomic mass is 10.2. The maximum atomic E-state index is 11.9. The fraction of sp³-hybridized carbons (Fsp3) is 0.667. The molecule has 0 saturated carbocycles. The molecule has 0 radical (unpaired) electrons. The molecule has 0 fully saturated rings. The van der Waals surface area contributed by atoms with Crippen LogP contribution in [0.3, 0.4) is 0 Å². The summed E-state index contributed by atoms with van der Waals surface area (Å²) >= 11 is 0. The summed E-state index contributed by atoms with van der Waals surface area (Å²) in [5.74, 6) is -0.0538. The zero-order valence-corrected chi connectivity index (χ0v) is 14.0. The average molecular weight is 310 g/mol. The van der Waals surface area contributed by atoms with Crippen LogP contribution in [0.15, 0.2) is 12.5 Å². The summed E-state index contributed by atoms with van der Waals surface area (Å²) in [5.41, 5.74) is 0.369. The van der Waals surface area contributed by atoms with Crippen molar-refractivity contribution < 1.29 is 14.3 Å². The molecule has 1 aromatic rings. The van der Waals surface area contributed by atoms with Crippen LogP contribution in [-0.2, 0) is 16.0 Å². The van der Waals surface area contributed by atoms with Crippen LogP contribution in [0.4, 0.5) is 4.79 Å². The van der Waals surface area contributed by atoms with Gasteiger partial charge in [0.15, 0.2) is 0 Å². The predicted octanol–water partition coefficient (Wildman–Crippen LogP) is 1.65. The Morgan fingerprint density at radius 2 is 2.05 bits per heavy atom. The van der Waals surface area contributed by atoms with Gasteiger partial charge in [0.05, 0.1) is 6.33 Å². The van der Waals surface area contributed by atoms with Gasteiger partial charge in [0.1, 0.15) is 11.6 Å². The van der Waals surface area contributed by atoms with Gasteiger partial charge in [0, 0.05) is 31.4 Å². The molecule has 2 amide bonds. The monoisotopic (exact) mass is 310 g/mol. The van der Waals surface area contributed by atoms with Gasteiger partial charge in [-0.2, -0.15) is 0 Å². The predicted molar refractivity (Wildman–Crippen MR) is 83.6 cm³/mol. The first kappa shape index (κ1) is 18.0. The van der Waals surface area contributed by atoms with Gasteiger partial charge in [0.2, 0.25) is 5.91 Å². The van der Waals surface area contributed by atoms with Crippen LogP contribution in [0.1, 0.15) is 46.4 Å². The van der Waals surface area contributed by atoms with Gasteiger partial charge < -0.3 is 19.9 Å². The fourth-order valence-electron chi connectivity index (χ4n) is 1.93. The SMILES string of the molecule is CCNC(=O)C(C)n1cncc1CCNC(=O)OC(C)(C)C. The van der Waals surface area contributed by atoms with E-state index in [0.29, 0.717) is 19.5 Å². The Morgan fingerprint density at radius 3 is 2.64 bits per heavy atom. The first-order valence-electron chi connectivity index (χ1n) is 7.50. The van der Waals surface area contributed by atoms with Crippen molar-refractivity contribution in [1.82, 2.24) is 20.2 Å². The Labute approximate surface area is 131 Å². The number of ether oxygens (including phenoxy) is 1. The Kier molecular flexibility index (Phi) is 6.39. The van der Waals surface area contributed by atoms with E-state index >= 15 is 0 Å². The molecule has 124 valence electrons. The average Bonchev–Trinajstić information content (AvgIpc) is 2.84. The first-order valence-corrected chi connectivity index (χ1v) is 7.50. The van der Waals surface area contributed by atoms with Crippen LogP contribution in [0.25, 0.3) is 0 Å². The van der Waals surface area contributed by atoms with Crippen molar-refractivity contribution in [3.8, 4) is 0 Å². The molecule has 1 unspecified atom stereocenters. The van der Waals surface area contributed by atoms with Crippen molar-refractivity contribution in [2.75, 3.05) is 13.1 Å². The van der Waals surface area contributed by atoms with E-state index in [1.54, 1.807) is 12.5 Å². The van der Waals surface area contributed by atoms with Crippen molar-refractivity contribution >= 4 is 12.0 Å². The van der Waals surface area contributed by atoms with Gasteiger partial charge in [-0.05, 0) is 34.6 Å². The third kappa shape index (κ3) is 5.75. The lowest BCUT2D eigenvalue weighted by Crippen LogP contribution is -2.34. The van der Waals surface area contributed by atoms with Gasteiger partial charge in [0.25, 0.3) is 0 Å². The molecule has 0 spiro atoms. The van der Waals surface area contributed by atoms with Gasteiger partial charge in [-0.1, -0.05) is 0 Å². The molecule has 7 nitrogen and oxygen atoms in total. The van der Waals surface area contributed by atoms with Crippen LogP contribution in [-0.4, -0.2) is 40.2 Å². The molecule has 1 atom stereocenters. The molecular weight excluding hydrogens is 284 g/mol. The second-order valence-electron chi connectivity index (χ2n) is 6.04. The molecule has 0 saturated heterocycles. The highest BCUT2D eigenvalue weighted by Crippen LogP contribution is 2.11. The zero-order valence-electron chi connectivity index (χ0n) is 14.0. The molecule has 7 heteroatoms. The maximum absolute atomic E-state index is 11.9. The number of carbonyl (C=O) groups is 2. The molecule has 1 heterocycles. The smallest absolute Gasteiger partial charge is 0.407 e. The summed E-state index contributed by atoms with van der Waals surface area (Å²) in [6.07, 6.45) is 3.45. The number of hydrogen-bond donors (Lipinski definition) is 2. The number of nitrogens with zero attached hydrogens (tertiary/aromatic N) is 2. The normalized spacial score (nSPS) is 12.6. The van der Waals surface area contributed by atoms with Crippen LogP contribution in [0.5, 0.6) is 0 Å². The maximum Gasteiger partial charge on any atom is 0.407 e. The number of hydrogen-bond acceptors (Lipinski definition) is 4. The molecule has 1 rings (SSSR count). The number of imidazole rings is 1. The molecule has 0 aliphatic carbocycles. The number of likely N-dealkylation sites (N-methyl/N-ethyl adjacent to an activating group) is 1. The summed E-state index contributed by atoms with van der Waals surface area (Å²) in [4.78, 5) is 27.5. The quantitative estimate of drug-likeness (QED) is 0.836. The molecule has 0 bridgehead atoms. The van der Waals surface area contributed by atoms with E-state index in [2.05, 4.69) is 15.6 Å². The summed E-state index contributed by atoms with van der Waals surface area (Å²) in [6.45, 7) is 10.2. The molecule has 1 aromatic heterocycles. The zero-order chi connectivity index (χ0) is 16.8. The lowest BCUT2D eigenvalue weighted by Gasteiger charge is -2.20. The number of aromatic nitrogens is 2. The summed E-state index contributed by atoms with van der Waals surface area (Å²) in [6, 6.07) is -0.334. The molecular formula is C15H26N4O3. The van der Waals surface area contributed by atoms with Crippen LogP contribution >= 0.6 is 0 Å². The van der Waals surface area contributed by atoms with Crippen molar-refractivity contribution in [2.45, 2.75) is 52.7 Å². The van der Waals surface area contributed by atoms with Crippen LogP contribution in [0.2, 0.25) is 0 Å². The number of nitrogens with one attached hydrogen (secondary N) is 2. The first-order chi connectivity index (χ1) is 10.2. The van der Waals surface area contributed by atoms with Crippen molar-refractivity contribution in [3.05, 3.63) is 18.2 Å². The fourth-order valence-corrected chi connectivity index (χ4v) is 1.93. The Balaban J connectivity index is 2.53. The van der Waals surface area contributed by atoms with E-state index in [-0.39, 0.29) is 11.9 Å². The number of alkyl carbamates (subject to hydrolysis) is 1. The second-order valence-corrected chi connectivity index (χ2v) is 6.04. The van der Waals surface area contributed by atoms with E-state index in [9.17, 15) is 9.59 Å². The van der Waals surface area contributed by atoms with E-state index in [4.69, 9.17) is 4.74 Å². The second kappa shape index (κ2) is 7.82. The Bertz CT molecular complexity index is 505. The minimum atomic E-state index is -0.515. The molecule has 2 N–H and O–H groups in total. The van der Waals surface area contributed by atoms with Gasteiger partial charge in [-0.15, -0.1) is 0 Å². The van der Waals surface area contributed by atoms with Gasteiger partial charge in [-0.3, -0.25) is 4.79 Å². The molecule has 0 aromatic carbocycles. The van der Waals surface area contributed by atoms with Crippen LogP contribution in [0, 0.1) is 0 Å². The highest BCUT2D eigenvalue weighted by atomic mass is 16.6. The van der Waals surface area contributed by atoms with Crippen LogP contribution < -0.4 is 10.6 Å². The number of rotatable bonds is 6. The molecule has 22 heavy (non-hydrogen) atoms. The third-order valence-corrected chi connectivity index (χ3v) is 2.94. The molecule has 0 aliphatic heterocycles. The largest absolute Gasteiger partial charge is 0.444 e. The highest BCUT2D eigenvalue weighted by molar-refractivity contribution is 5.79. The number of carbonyl (C=O) groups excluding carboxylic acids is 2. The van der Waals surface area contributed by atoms with Crippen molar-refractivity contribution in [3.63, 3.8) is 0 Å². The topological polar surface area (TPSA) is 85.3 Å². The Morgan fingerprint density at radius 1 is 1.36 bits per heavy atom. The summed E-state index contributed by atoms with van der Waals surface area (Å²) < 4.78 is 6.98.